The van der Waals surface area contributed by atoms with Crippen LogP contribution in [0.1, 0.15) is 10.6 Å². The molecule has 0 radical (unpaired) electrons. The summed E-state index contributed by atoms with van der Waals surface area (Å²) in [6.45, 7) is 1.78. The maximum absolute atomic E-state index is 10.8. The largest absolute Gasteiger partial charge is 0.486 e. The second kappa shape index (κ2) is 11.1. The van der Waals surface area contributed by atoms with Crippen molar-refractivity contribution in [2.75, 3.05) is 6.61 Å². The van der Waals surface area contributed by atoms with Crippen LogP contribution in [0, 0.1) is 6.92 Å². The van der Waals surface area contributed by atoms with Gasteiger partial charge in [0.15, 0.2) is 6.61 Å². The van der Waals surface area contributed by atoms with E-state index >= 15 is 0 Å². The highest BCUT2D eigenvalue weighted by Gasteiger charge is 2.16. The van der Waals surface area contributed by atoms with Crippen molar-refractivity contribution in [2.24, 2.45) is 0 Å². The lowest BCUT2D eigenvalue weighted by molar-refractivity contribution is -0.139. The number of carbonyl (C=O) groups is 1. The van der Waals surface area contributed by atoms with Crippen molar-refractivity contribution in [3.63, 3.8) is 0 Å². The van der Waals surface area contributed by atoms with Crippen molar-refractivity contribution in [3.8, 4) is 44.3 Å². The van der Waals surface area contributed by atoms with Crippen molar-refractivity contribution >= 4 is 17.3 Å². The molecule has 0 spiro atoms. The van der Waals surface area contributed by atoms with Gasteiger partial charge in [-0.2, -0.15) is 0 Å². The average Bonchev–Trinajstić information content (AvgIpc) is 3.37. The molecule has 7 heteroatoms. The van der Waals surface area contributed by atoms with Crippen LogP contribution < -0.4 is 9.47 Å². The molecule has 0 bridgehead atoms. The number of ether oxygens (including phenoxy) is 2. The maximum Gasteiger partial charge on any atom is 0.341 e. The van der Waals surface area contributed by atoms with Gasteiger partial charge in [0.2, 0.25) is 0 Å². The zero-order valence-electron chi connectivity index (χ0n) is 20.1. The fourth-order valence-electron chi connectivity index (χ4n) is 3.93. The number of nitrogens with zero attached hydrogens (tertiary/aromatic N) is 2. The Bertz CT molecular complexity index is 1500. The quantitative estimate of drug-likeness (QED) is 0.233. The van der Waals surface area contributed by atoms with Crippen LogP contribution in [0.15, 0.2) is 97.3 Å². The summed E-state index contributed by atoms with van der Waals surface area (Å²) in [5.41, 5.74) is 6.12. The summed E-state index contributed by atoms with van der Waals surface area (Å²) in [7, 11) is 0. The molecule has 37 heavy (non-hydrogen) atoms. The summed E-state index contributed by atoms with van der Waals surface area (Å²) in [5, 5.41) is 9.67. The summed E-state index contributed by atoms with van der Waals surface area (Å²) in [6, 6.07) is 28.1. The molecule has 0 aliphatic carbocycles. The summed E-state index contributed by atoms with van der Waals surface area (Å²) in [5.74, 6) is 0.166. The van der Waals surface area contributed by atoms with Crippen LogP contribution in [0.3, 0.4) is 0 Å². The first-order valence-corrected chi connectivity index (χ1v) is 12.5. The Hall–Kier alpha value is -4.49. The van der Waals surface area contributed by atoms with E-state index in [0.717, 1.165) is 37.8 Å². The summed E-state index contributed by atoms with van der Waals surface area (Å²) < 4.78 is 11.3. The second-order valence-electron chi connectivity index (χ2n) is 8.36. The SMILES string of the molecule is Cc1cc(OCc2nc(-c3ccncc3)c(-c3ccc(-c4ccccc4)cc3)s2)ccc1OCC(=O)O. The predicted molar refractivity (Wildman–Crippen MR) is 145 cm³/mol. The van der Waals surface area contributed by atoms with Crippen molar-refractivity contribution in [1.29, 1.82) is 0 Å². The van der Waals surface area contributed by atoms with Gasteiger partial charge in [-0.05, 0) is 59.5 Å². The zero-order chi connectivity index (χ0) is 25.6. The number of carboxylic acid groups (broad SMARTS) is 1. The van der Waals surface area contributed by atoms with Crippen LogP contribution in [-0.2, 0) is 11.4 Å². The molecule has 0 unspecified atom stereocenters. The molecule has 0 fully saturated rings. The molecule has 2 aromatic heterocycles. The first-order valence-electron chi connectivity index (χ1n) is 11.7. The number of pyridine rings is 1. The predicted octanol–water partition coefficient (Wildman–Crippen LogP) is 6.89. The Morgan fingerprint density at radius 3 is 2.24 bits per heavy atom. The van der Waals surface area contributed by atoms with Crippen LogP contribution >= 0.6 is 11.3 Å². The number of carboxylic acids is 1. The fourth-order valence-corrected chi connectivity index (χ4v) is 4.93. The van der Waals surface area contributed by atoms with Gasteiger partial charge in [-0.25, -0.2) is 9.78 Å². The molecular formula is C30H24N2O4S. The van der Waals surface area contributed by atoms with Crippen LogP contribution in [0.25, 0.3) is 32.8 Å². The lowest BCUT2D eigenvalue weighted by Gasteiger charge is -2.09. The van der Waals surface area contributed by atoms with Crippen LogP contribution in [0.4, 0.5) is 0 Å². The van der Waals surface area contributed by atoms with Crippen LogP contribution in [-0.4, -0.2) is 27.7 Å². The van der Waals surface area contributed by atoms with E-state index in [1.54, 1.807) is 35.9 Å². The number of aryl methyl sites for hydroxylation is 1. The molecule has 0 aliphatic rings. The maximum atomic E-state index is 10.8. The van der Waals surface area contributed by atoms with Gasteiger partial charge in [0, 0.05) is 18.0 Å². The third-order valence-corrected chi connectivity index (χ3v) is 6.82. The van der Waals surface area contributed by atoms with E-state index in [1.807, 2.05) is 43.3 Å². The summed E-state index contributed by atoms with van der Waals surface area (Å²) in [6.07, 6.45) is 3.54. The number of hydrogen-bond acceptors (Lipinski definition) is 6. The highest BCUT2D eigenvalue weighted by molar-refractivity contribution is 7.15. The van der Waals surface area contributed by atoms with E-state index in [1.165, 1.54) is 5.56 Å². The molecule has 0 saturated heterocycles. The van der Waals surface area contributed by atoms with E-state index in [-0.39, 0.29) is 6.61 Å². The summed E-state index contributed by atoms with van der Waals surface area (Å²) in [4.78, 5) is 20.9. The molecule has 1 N–H and O–H groups in total. The minimum absolute atomic E-state index is 0.305. The van der Waals surface area contributed by atoms with Crippen LogP contribution in [0.5, 0.6) is 11.5 Å². The van der Waals surface area contributed by atoms with Crippen LogP contribution in [0.2, 0.25) is 0 Å². The first-order chi connectivity index (χ1) is 18.1. The number of aliphatic carboxylic acids is 1. The Morgan fingerprint density at radius 2 is 1.54 bits per heavy atom. The molecule has 5 rings (SSSR count). The molecule has 0 amide bonds. The number of rotatable bonds is 9. The van der Waals surface area contributed by atoms with E-state index < -0.39 is 5.97 Å². The Labute approximate surface area is 218 Å². The van der Waals surface area contributed by atoms with E-state index in [2.05, 4.69) is 41.4 Å². The monoisotopic (exact) mass is 508 g/mol. The molecule has 0 aliphatic heterocycles. The topological polar surface area (TPSA) is 81.5 Å². The summed E-state index contributed by atoms with van der Waals surface area (Å²) >= 11 is 1.60. The molecule has 0 saturated carbocycles. The molecule has 3 aromatic carbocycles. The standard InChI is InChI=1S/C30H24N2O4S/c1-20-17-25(11-12-26(20)36-19-28(33)34)35-18-27-32-29(23-13-15-31-16-14-23)30(37-27)24-9-7-22(8-10-24)21-5-3-2-4-6-21/h2-17H,18-19H2,1H3,(H,33,34). The molecule has 2 heterocycles. The van der Waals surface area contributed by atoms with Gasteiger partial charge in [-0.3, -0.25) is 4.98 Å². The van der Waals surface area contributed by atoms with Gasteiger partial charge in [0.1, 0.15) is 23.1 Å². The van der Waals surface area contributed by atoms with Gasteiger partial charge < -0.3 is 14.6 Å². The van der Waals surface area contributed by atoms with Gasteiger partial charge in [-0.15, -0.1) is 11.3 Å². The lowest BCUT2D eigenvalue weighted by Crippen LogP contribution is -2.10. The molecule has 184 valence electrons. The van der Waals surface area contributed by atoms with Crippen molar-refractivity contribution in [2.45, 2.75) is 13.5 Å². The minimum atomic E-state index is -1.01. The Morgan fingerprint density at radius 1 is 0.838 bits per heavy atom. The lowest BCUT2D eigenvalue weighted by atomic mass is 10.0. The van der Waals surface area contributed by atoms with E-state index in [4.69, 9.17) is 19.6 Å². The van der Waals surface area contributed by atoms with E-state index in [0.29, 0.717) is 18.1 Å². The zero-order valence-corrected chi connectivity index (χ0v) is 20.9. The van der Waals surface area contributed by atoms with Gasteiger partial charge in [0.05, 0.1) is 10.6 Å². The minimum Gasteiger partial charge on any atom is -0.486 e. The number of thiazole rings is 1. The molecule has 5 aromatic rings. The Kier molecular flexibility index (Phi) is 7.23. The van der Waals surface area contributed by atoms with Crippen molar-refractivity contribution < 1.29 is 19.4 Å². The fraction of sp³-hybridized carbons (Fsp3) is 0.100. The number of aromatic nitrogens is 2. The number of benzene rings is 3. The highest BCUT2D eigenvalue weighted by atomic mass is 32.1. The second-order valence-corrected chi connectivity index (χ2v) is 9.45. The third kappa shape index (κ3) is 5.85. The highest BCUT2D eigenvalue weighted by Crippen LogP contribution is 2.38. The first kappa shape index (κ1) is 24.2. The number of hydrogen-bond donors (Lipinski definition) is 1. The molecular weight excluding hydrogens is 484 g/mol. The molecule has 0 atom stereocenters. The molecule has 6 nitrogen and oxygen atoms in total. The van der Waals surface area contributed by atoms with E-state index in [9.17, 15) is 4.79 Å². The van der Waals surface area contributed by atoms with Gasteiger partial charge in [0.25, 0.3) is 0 Å². The average molecular weight is 509 g/mol. The third-order valence-electron chi connectivity index (χ3n) is 5.74. The van der Waals surface area contributed by atoms with Crippen molar-refractivity contribution in [1.82, 2.24) is 9.97 Å². The normalized spacial score (nSPS) is 10.7. The smallest absolute Gasteiger partial charge is 0.341 e. The van der Waals surface area contributed by atoms with Crippen molar-refractivity contribution in [3.05, 3.63) is 108 Å². The van der Waals surface area contributed by atoms with Gasteiger partial charge in [-0.1, -0.05) is 54.6 Å². The van der Waals surface area contributed by atoms with Gasteiger partial charge >= 0.3 is 5.97 Å². The Balaban J connectivity index is 1.39.